The van der Waals surface area contributed by atoms with Crippen LogP contribution >= 0.6 is 0 Å². The monoisotopic (exact) mass is 402 g/mol. The molecule has 3 heterocycles. The molecule has 0 bridgehead atoms. The summed E-state index contributed by atoms with van der Waals surface area (Å²) in [7, 11) is 0. The van der Waals surface area contributed by atoms with Crippen molar-refractivity contribution < 1.29 is 0 Å². The Morgan fingerprint density at radius 2 is 2.07 bits per heavy atom. The second-order valence-corrected chi connectivity index (χ2v) is 7.97. The van der Waals surface area contributed by atoms with E-state index in [9.17, 15) is 0 Å². The molecule has 30 heavy (non-hydrogen) atoms. The number of nitrogens with one attached hydrogen (secondary N) is 2. The summed E-state index contributed by atoms with van der Waals surface area (Å²) >= 11 is 0. The Balaban J connectivity index is 1.34. The number of piperazine rings is 1. The lowest BCUT2D eigenvalue weighted by molar-refractivity contribution is 0.0994. The summed E-state index contributed by atoms with van der Waals surface area (Å²) in [5.74, 6) is 0. The number of hydrogen-bond donors (Lipinski definition) is 3. The Morgan fingerprint density at radius 3 is 2.87 bits per heavy atom. The second kappa shape index (κ2) is 9.69. The largest absolute Gasteiger partial charge is 0.404 e. The van der Waals surface area contributed by atoms with Crippen LogP contribution in [-0.2, 0) is 6.54 Å². The first-order valence-electron chi connectivity index (χ1n) is 10.6. The number of hydrogen-bond acceptors (Lipinski definition) is 6. The Bertz CT molecular complexity index is 918. The molecule has 0 aliphatic carbocycles. The van der Waals surface area contributed by atoms with Crippen molar-refractivity contribution in [3.05, 3.63) is 71.8 Å². The fraction of sp³-hybridized carbons (Fsp3) is 0.333. The maximum Gasteiger partial charge on any atom is 0.0379 e. The third-order valence-corrected chi connectivity index (χ3v) is 6.04. The minimum absolute atomic E-state index is 0.667. The molecule has 156 valence electrons. The van der Waals surface area contributed by atoms with Gasteiger partial charge >= 0.3 is 0 Å². The molecule has 2 aliphatic heterocycles. The maximum absolute atomic E-state index is 7.51. The van der Waals surface area contributed by atoms with Crippen molar-refractivity contribution in [3.63, 3.8) is 0 Å². The zero-order valence-corrected chi connectivity index (χ0v) is 17.3. The van der Waals surface area contributed by atoms with Gasteiger partial charge in [0.05, 0.1) is 0 Å². The van der Waals surface area contributed by atoms with Gasteiger partial charge in [0.2, 0.25) is 0 Å². The molecular formula is C24H30N6. The minimum Gasteiger partial charge on any atom is -0.404 e. The van der Waals surface area contributed by atoms with Crippen LogP contribution in [0.25, 0.3) is 11.6 Å². The molecule has 1 atom stereocenters. The highest BCUT2D eigenvalue weighted by Gasteiger charge is 2.30. The van der Waals surface area contributed by atoms with Crippen LogP contribution in [-0.4, -0.2) is 53.2 Å². The van der Waals surface area contributed by atoms with Crippen LogP contribution < -0.4 is 11.1 Å². The van der Waals surface area contributed by atoms with Crippen LogP contribution in [0, 0.1) is 5.41 Å². The van der Waals surface area contributed by atoms with Gasteiger partial charge in [-0.3, -0.25) is 14.8 Å². The Morgan fingerprint density at radius 1 is 1.20 bits per heavy atom. The third-order valence-electron chi connectivity index (χ3n) is 6.04. The lowest BCUT2D eigenvalue weighted by atomic mass is 10.0. The predicted molar refractivity (Wildman–Crippen MR) is 124 cm³/mol. The molecule has 1 aromatic carbocycles. The number of benzene rings is 1. The molecule has 6 heteroatoms. The van der Waals surface area contributed by atoms with E-state index in [-0.39, 0.29) is 0 Å². The van der Waals surface area contributed by atoms with E-state index >= 15 is 0 Å². The highest BCUT2D eigenvalue weighted by atomic mass is 15.3. The van der Waals surface area contributed by atoms with E-state index in [1.807, 2.05) is 18.3 Å². The van der Waals surface area contributed by atoms with Crippen molar-refractivity contribution >= 4 is 23.6 Å². The fourth-order valence-corrected chi connectivity index (χ4v) is 4.41. The Hall–Kier alpha value is -2.96. The van der Waals surface area contributed by atoms with Gasteiger partial charge in [0, 0.05) is 80.1 Å². The number of fused-ring (bicyclic) bond motifs is 1. The van der Waals surface area contributed by atoms with Gasteiger partial charge in [-0.25, -0.2) is 0 Å². The molecule has 0 amide bonds. The summed E-state index contributed by atoms with van der Waals surface area (Å²) in [4.78, 5) is 9.42. The SMILES string of the molecule is N=C/C(=C\N)c1ccncc1/C=C/Nc1ccc(CN2CCN3CCCC3C2)cc1. The molecular weight excluding hydrogens is 372 g/mol. The van der Waals surface area contributed by atoms with E-state index in [0.29, 0.717) is 5.57 Å². The van der Waals surface area contributed by atoms with E-state index in [4.69, 9.17) is 11.1 Å². The Labute approximate surface area is 178 Å². The predicted octanol–water partition coefficient (Wildman–Crippen LogP) is 3.39. The third kappa shape index (κ3) is 4.78. The number of rotatable bonds is 7. The van der Waals surface area contributed by atoms with Crippen molar-refractivity contribution in [1.82, 2.24) is 14.8 Å². The first-order valence-corrected chi connectivity index (χ1v) is 10.6. The van der Waals surface area contributed by atoms with Gasteiger partial charge < -0.3 is 16.5 Å². The van der Waals surface area contributed by atoms with Crippen molar-refractivity contribution in [1.29, 1.82) is 5.41 Å². The average Bonchev–Trinajstić information content (AvgIpc) is 3.25. The number of nitrogens with two attached hydrogens (primary N) is 1. The van der Waals surface area contributed by atoms with Crippen molar-refractivity contribution in [2.45, 2.75) is 25.4 Å². The van der Waals surface area contributed by atoms with Gasteiger partial charge in [0.15, 0.2) is 0 Å². The molecule has 6 nitrogen and oxygen atoms in total. The standard InChI is InChI=1S/C24H30N6/c25-14-21(15-26)24-8-9-27-16-20(24)7-10-28-22-5-3-19(4-6-22)17-29-12-13-30-11-1-2-23(30)18-29/h3-10,14-16,23,25,28H,1-2,11-13,17-18,26H2/b10-7+,21-15+,25-14?. The number of pyridine rings is 1. The number of aromatic nitrogens is 1. The fourth-order valence-electron chi connectivity index (χ4n) is 4.41. The van der Waals surface area contributed by atoms with Gasteiger partial charge in [-0.05, 0) is 54.8 Å². The van der Waals surface area contributed by atoms with Gasteiger partial charge in [0.25, 0.3) is 0 Å². The van der Waals surface area contributed by atoms with Gasteiger partial charge in [0.1, 0.15) is 0 Å². The highest BCUT2D eigenvalue weighted by molar-refractivity contribution is 6.09. The van der Waals surface area contributed by atoms with Crippen LogP contribution in [0.3, 0.4) is 0 Å². The molecule has 2 fully saturated rings. The molecule has 2 aliphatic rings. The summed E-state index contributed by atoms with van der Waals surface area (Å²) in [6, 6.07) is 11.3. The van der Waals surface area contributed by atoms with Crippen LogP contribution in [0.4, 0.5) is 5.69 Å². The van der Waals surface area contributed by atoms with E-state index in [2.05, 4.69) is 44.4 Å². The van der Waals surface area contributed by atoms with Crippen molar-refractivity contribution in [2.24, 2.45) is 5.73 Å². The maximum atomic E-state index is 7.51. The number of allylic oxidation sites excluding steroid dienone is 1. The summed E-state index contributed by atoms with van der Waals surface area (Å²) < 4.78 is 0. The van der Waals surface area contributed by atoms with Crippen molar-refractivity contribution in [2.75, 3.05) is 31.5 Å². The summed E-state index contributed by atoms with van der Waals surface area (Å²) in [6.45, 7) is 5.90. The van der Waals surface area contributed by atoms with Crippen LogP contribution in [0.1, 0.15) is 29.5 Å². The molecule has 0 spiro atoms. The first-order chi connectivity index (χ1) is 14.8. The second-order valence-electron chi connectivity index (χ2n) is 7.97. The van der Waals surface area contributed by atoms with Crippen LogP contribution in [0.5, 0.6) is 0 Å². The molecule has 1 unspecified atom stereocenters. The van der Waals surface area contributed by atoms with Crippen LogP contribution in [0.2, 0.25) is 0 Å². The average molecular weight is 403 g/mol. The molecule has 4 rings (SSSR count). The zero-order valence-electron chi connectivity index (χ0n) is 17.3. The summed E-state index contributed by atoms with van der Waals surface area (Å²) in [6.07, 6.45) is 12.7. The Kier molecular flexibility index (Phi) is 6.57. The van der Waals surface area contributed by atoms with Gasteiger partial charge in [-0.15, -0.1) is 0 Å². The molecule has 4 N–H and O–H groups in total. The van der Waals surface area contributed by atoms with E-state index in [1.165, 1.54) is 57.0 Å². The molecule has 0 saturated carbocycles. The topological polar surface area (TPSA) is 81.3 Å². The lowest BCUT2D eigenvalue weighted by Gasteiger charge is -2.37. The van der Waals surface area contributed by atoms with E-state index < -0.39 is 0 Å². The lowest BCUT2D eigenvalue weighted by Crippen LogP contribution is -2.49. The zero-order chi connectivity index (χ0) is 20.8. The van der Waals surface area contributed by atoms with E-state index in [0.717, 1.165) is 29.4 Å². The first kappa shape index (κ1) is 20.3. The molecule has 0 radical (unpaired) electrons. The quantitative estimate of drug-likeness (QED) is 0.619. The summed E-state index contributed by atoms with van der Waals surface area (Å²) in [5, 5.41) is 10.8. The molecule has 1 aromatic heterocycles. The smallest absolute Gasteiger partial charge is 0.0379 e. The van der Waals surface area contributed by atoms with Crippen molar-refractivity contribution in [3.8, 4) is 0 Å². The normalized spacial score (nSPS) is 20.4. The van der Waals surface area contributed by atoms with Gasteiger partial charge in [-0.1, -0.05) is 12.1 Å². The van der Waals surface area contributed by atoms with Crippen LogP contribution in [0.15, 0.2) is 55.1 Å². The summed E-state index contributed by atoms with van der Waals surface area (Å²) in [5.41, 5.74) is 10.5. The number of nitrogens with zero attached hydrogens (tertiary/aromatic N) is 3. The molecule has 2 saturated heterocycles. The minimum atomic E-state index is 0.667. The van der Waals surface area contributed by atoms with Gasteiger partial charge in [-0.2, -0.15) is 0 Å². The molecule has 2 aromatic rings. The number of anilines is 1. The highest BCUT2D eigenvalue weighted by Crippen LogP contribution is 2.23. The van der Waals surface area contributed by atoms with E-state index in [1.54, 1.807) is 12.4 Å².